The Morgan fingerprint density at radius 2 is 2.18 bits per heavy atom. The third kappa shape index (κ3) is 3.36. The van der Waals surface area contributed by atoms with Crippen LogP contribution in [-0.2, 0) is 29.0 Å². The highest BCUT2D eigenvalue weighted by molar-refractivity contribution is 5.87. The number of fused-ring (bicyclic) bond motifs is 3. The van der Waals surface area contributed by atoms with Gasteiger partial charge in [-0.25, -0.2) is 4.79 Å². The number of hydrogen-bond acceptors (Lipinski definition) is 7. The number of ether oxygens (including phenoxy) is 2. The van der Waals surface area contributed by atoms with Crippen LogP contribution in [0.15, 0.2) is 45.9 Å². The number of aryl methyl sites for hydroxylation is 1. The van der Waals surface area contributed by atoms with Gasteiger partial charge in [0.2, 0.25) is 0 Å². The van der Waals surface area contributed by atoms with Crippen molar-refractivity contribution >= 4 is 16.9 Å². The van der Waals surface area contributed by atoms with Crippen LogP contribution < -0.4 is 10.4 Å². The minimum atomic E-state index is -0.520. The Bertz CT molecular complexity index is 1090. The van der Waals surface area contributed by atoms with Crippen molar-refractivity contribution in [2.45, 2.75) is 26.4 Å². The number of benzene rings is 1. The molecule has 0 N–H and O–H groups in total. The standard InChI is InChI=1S/C21H20N2O5/c1-13-15-5-6-18-17(20(15)28-21(25)16(13)8-19(24)26-2)11-23(12-27-18)10-14-4-3-7-22-9-14/h3-7,9H,8,10-12H2,1-2H3. The lowest BCUT2D eigenvalue weighted by Crippen LogP contribution is -2.31. The number of nitrogens with zero attached hydrogens (tertiary/aromatic N) is 2. The Kier molecular flexibility index (Phi) is 4.83. The summed E-state index contributed by atoms with van der Waals surface area (Å²) in [7, 11) is 1.30. The normalized spacial score (nSPS) is 13.8. The highest BCUT2D eigenvalue weighted by atomic mass is 16.5. The molecule has 1 aliphatic heterocycles. The van der Waals surface area contributed by atoms with Crippen molar-refractivity contribution in [1.82, 2.24) is 9.88 Å². The molecule has 2 aromatic heterocycles. The monoisotopic (exact) mass is 380 g/mol. The fraction of sp³-hybridized carbons (Fsp3) is 0.286. The van der Waals surface area contributed by atoms with Crippen LogP contribution in [0.5, 0.6) is 5.75 Å². The van der Waals surface area contributed by atoms with Gasteiger partial charge < -0.3 is 13.9 Å². The third-order valence-electron chi connectivity index (χ3n) is 4.98. The lowest BCUT2D eigenvalue weighted by Gasteiger charge is -2.29. The fourth-order valence-electron chi connectivity index (χ4n) is 3.48. The number of aromatic nitrogens is 1. The van der Waals surface area contributed by atoms with E-state index >= 15 is 0 Å². The molecule has 0 aliphatic carbocycles. The second-order valence-corrected chi connectivity index (χ2v) is 6.79. The summed E-state index contributed by atoms with van der Waals surface area (Å²) in [6, 6.07) is 7.65. The lowest BCUT2D eigenvalue weighted by molar-refractivity contribution is -0.139. The summed E-state index contributed by atoms with van der Waals surface area (Å²) in [6.07, 6.45) is 3.45. The van der Waals surface area contributed by atoms with Crippen LogP contribution in [0.25, 0.3) is 11.0 Å². The molecule has 0 bridgehead atoms. The van der Waals surface area contributed by atoms with Crippen molar-refractivity contribution in [2.24, 2.45) is 0 Å². The fourth-order valence-corrected chi connectivity index (χ4v) is 3.48. The van der Waals surface area contributed by atoms with E-state index in [0.29, 0.717) is 36.7 Å². The van der Waals surface area contributed by atoms with Gasteiger partial charge in [0.15, 0.2) is 0 Å². The molecule has 0 spiro atoms. The van der Waals surface area contributed by atoms with Gasteiger partial charge in [0.25, 0.3) is 0 Å². The molecular formula is C21H20N2O5. The molecule has 0 radical (unpaired) electrons. The molecule has 0 atom stereocenters. The van der Waals surface area contributed by atoms with Crippen molar-refractivity contribution in [3.05, 3.63) is 69.3 Å². The summed E-state index contributed by atoms with van der Waals surface area (Å²) in [5.41, 5.74) is 2.94. The van der Waals surface area contributed by atoms with Gasteiger partial charge in [0.1, 0.15) is 18.1 Å². The Labute approximate surface area is 161 Å². The molecule has 0 fully saturated rings. The van der Waals surface area contributed by atoms with Crippen LogP contribution in [0.4, 0.5) is 0 Å². The molecule has 0 saturated heterocycles. The first-order valence-corrected chi connectivity index (χ1v) is 8.96. The molecule has 0 unspecified atom stereocenters. The summed E-state index contributed by atoms with van der Waals surface area (Å²) in [6.45, 7) is 3.52. The molecule has 1 aromatic carbocycles. The molecule has 7 heteroatoms. The summed E-state index contributed by atoms with van der Waals surface area (Å²) in [4.78, 5) is 30.4. The highest BCUT2D eigenvalue weighted by Crippen LogP contribution is 2.34. The maximum absolute atomic E-state index is 12.5. The Morgan fingerprint density at radius 1 is 1.32 bits per heavy atom. The summed E-state index contributed by atoms with van der Waals surface area (Å²) >= 11 is 0. The van der Waals surface area contributed by atoms with Gasteiger partial charge in [-0.05, 0) is 36.2 Å². The molecule has 0 saturated carbocycles. The van der Waals surface area contributed by atoms with Gasteiger partial charge in [-0.15, -0.1) is 0 Å². The molecule has 3 aromatic rings. The number of pyridine rings is 1. The first-order chi connectivity index (χ1) is 13.6. The lowest BCUT2D eigenvalue weighted by atomic mass is 10.00. The largest absolute Gasteiger partial charge is 0.478 e. The van der Waals surface area contributed by atoms with E-state index in [0.717, 1.165) is 22.1 Å². The Hall–Kier alpha value is -3.19. The van der Waals surface area contributed by atoms with E-state index in [-0.39, 0.29) is 6.42 Å². The molecule has 7 nitrogen and oxygen atoms in total. The van der Waals surface area contributed by atoms with E-state index < -0.39 is 11.6 Å². The average molecular weight is 380 g/mol. The maximum atomic E-state index is 12.5. The van der Waals surface area contributed by atoms with Crippen molar-refractivity contribution in [3.8, 4) is 5.75 Å². The van der Waals surface area contributed by atoms with Crippen LogP contribution in [-0.4, -0.2) is 29.7 Å². The van der Waals surface area contributed by atoms with Crippen molar-refractivity contribution in [3.63, 3.8) is 0 Å². The van der Waals surface area contributed by atoms with Crippen LogP contribution >= 0.6 is 0 Å². The number of methoxy groups -OCH3 is 1. The van der Waals surface area contributed by atoms with Gasteiger partial charge in [-0.2, -0.15) is 0 Å². The minimum absolute atomic E-state index is 0.110. The predicted octanol–water partition coefficient (Wildman–Crippen LogP) is 2.56. The maximum Gasteiger partial charge on any atom is 0.340 e. The first kappa shape index (κ1) is 18.2. The zero-order valence-corrected chi connectivity index (χ0v) is 15.7. The SMILES string of the molecule is COC(=O)Cc1c(C)c2ccc3c(c2oc1=O)CN(Cc1cccnc1)CO3. The number of rotatable bonds is 4. The van der Waals surface area contributed by atoms with Crippen LogP contribution in [0.1, 0.15) is 22.3 Å². The van der Waals surface area contributed by atoms with E-state index in [2.05, 4.69) is 14.6 Å². The average Bonchev–Trinajstić information content (AvgIpc) is 2.71. The molecule has 3 heterocycles. The van der Waals surface area contributed by atoms with Crippen LogP contribution in [0, 0.1) is 6.92 Å². The topological polar surface area (TPSA) is 81.9 Å². The zero-order valence-electron chi connectivity index (χ0n) is 15.7. The van der Waals surface area contributed by atoms with E-state index in [1.807, 2.05) is 37.4 Å². The molecule has 1 aliphatic rings. The van der Waals surface area contributed by atoms with Crippen molar-refractivity contribution in [2.75, 3.05) is 13.8 Å². The number of esters is 1. The predicted molar refractivity (Wildman–Crippen MR) is 102 cm³/mol. The highest BCUT2D eigenvalue weighted by Gasteiger charge is 2.24. The molecule has 144 valence electrons. The summed E-state index contributed by atoms with van der Waals surface area (Å²) in [5, 5.41) is 0.795. The van der Waals surface area contributed by atoms with Gasteiger partial charge in [0.05, 0.1) is 24.7 Å². The minimum Gasteiger partial charge on any atom is -0.478 e. The second kappa shape index (κ2) is 7.44. The van der Waals surface area contributed by atoms with Crippen molar-refractivity contribution < 1.29 is 18.7 Å². The molecular weight excluding hydrogens is 360 g/mol. The van der Waals surface area contributed by atoms with Gasteiger partial charge in [0, 0.05) is 30.9 Å². The van der Waals surface area contributed by atoms with Crippen molar-refractivity contribution in [1.29, 1.82) is 0 Å². The Balaban J connectivity index is 1.72. The quantitative estimate of drug-likeness (QED) is 0.508. The molecule has 28 heavy (non-hydrogen) atoms. The Morgan fingerprint density at radius 3 is 2.93 bits per heavy atom. The van der Waals surface area contributed by atoms with Crippen LogP contribution in [0.2, 0.25) is 0 Å². The molecule has 0 amide bonds. The van der Waals surface area contributed by atoms with Gasteiger partial charge in [-0.1, -0.05) is 6.07 Å². The third-order valence-corrected chi connectivity index (χ3v) is 4.98. The van der Waals surface area contributed by atoms with E-state index in [1.54, 1.807) is 6.20 Å². The van der Waals surface area contributed by atoms with Gasteiger partial charge in [-0.3, -0.25) is 14.7 Å². The summed E-state index contributed by atoms with van der Waals surface area (Å²) < 4.78 is 16.2. The van der Waals surface area contributed by atoms with Crippen LogP contribution in [0.3, 0.4) is 0 Å². The second-order valence-electron chi connectivity index (χ2n) is 6.79. The smallest absolute Gasteiger partial charge is 0.340 e. The van der Waals surface area contributed by atoms with E-state index in [9.17, 15) is 9.59 Å². The number of carbonyl (C=O) groups is 1. The van der Waals surface area contributed by atoms with Gasteiger partial charge >= 0.3 is 11.6 Å². The molecule has 4 rings (SSSR count). The number of hydrogen-bond donors (Lipinski definition) is 0. The first-order valence-electron chi connectivity index (χ1n) is 8.96. The number of carbonyl (C=O) groups excluding carboxylic acids is 1. The summed E-state index contributed by atoms with van der Waals surface area (Å²) in [5.74, 6) is 0.233. The van der Waals surface area contributed by atoms with E-state index in [4.69, 9.17) is 9.15 Å². The zero-order chi connectivity index (χ0) is 19.7. The van der Waals surface area contributed by atoms with E-state index in [1.165, 1.54) is 7.11 Å².